The Kier molecular flexibility index (Phi) is 10.9. The molecule has 14 rings (SSSR count). The van der Waals surface area contributed by atoms with Crippen LogP contribution in [0.15, 0.2) is 227 Å². The highest BCUT2D eigenvalue weighted by atomic mass is 16.3. The molecule has 0 saturated heterocycles. The minimum atomic E-state index is 0.130. The van der Waals surface area contributed by atoms with Gasteiger partial charge in [0.15, 0.2) is 11.2 Å². The first-order chi connectivity index (χ1) is 38.3. The second kappa shape index (κ2) is 18.3. The van der Waals surface area contributed by atoms with Crippen LogP contribution in [0.4, 0.5) is 34.1 Å². The van der Waals surface area contributed by atoms with Crippen molar-refractivity contribution in [2.24, 2.45) is 0 Å². The largest absolute Gasteiger partial charge is 0.454 e. The van der Waals surface area contributed by atoms with Crippen molar-refractivity contribution in [2.75, 3.05) is 9.80 Å². The van der Waals surface area contributed by atoms with Gasteiger partial charge in [0.2, 0.25) is 0 Å². The summed E-state index contributed by atoms with van der Waals surface area (Å²) in [7, 11) is 0. The lowest BCUT2D eigenvalue weighted by Gasteiger charge is -2.33. The molecule has 0 fully saturated rings. The average molecular weight is 1000 g/mol. The maximum Gasteiger partial charge on any atom is 0.159 e. The molecule has 0 atom stereocenters. The summed E-state index contributed by atoms with van der Waals surface area (Å²) in [5.41, 5.74) is 16.2. The van der Waals surface area contributed by atoms with E-state index >= 15 is 0 Å². The van der Waals surface area contributed by atoms with Gasteiger partial charge >= 0.3 is 0 Å². The SMILES string of the molecule is CC(C)c1cc(N(c2ccc(C#N)cc2-c2ccccc2)c2cccc3c2oc2ccccc23)c2ccc3c(C(C)C)cc(N(c4ccc(C#N)cc4-c4ccccc4)c4cccc5c4oc4ccccc45)c4ccc1c2c34. The number of hydrogen-bond acceptors (Lipinski definition) is 6. The Morgan fingerprint density at radius 3 is 1.13 bits per heavy atom. The summed E-state index contributed by atoms with van der Waals surface area (Å²) < 4.78 is 13.9. The fraction of sp³-hybridized carbons (Fsp3) is 0.0833. The van der Waals surface area contributed by atoms with Gasteiger partial charge in [-0.3, -0.25) is 0 Å². The minimum absolute atomic E-state index is 0.130. The van der Waals surface area contributed by atoms with E-state index in [1.54, 1.807) is 0 Å². The fourth-order valence-electron chi connectivity index (χ4n) is 12.2. The van der Waals surface area contributed by atoms with Gasteiger partial charge in [-0.15, -0.1) is 0 Å². The standard InChI is InChI=1S/C72H50N4O2/c1-43(2)57-39-65(75(61-35-29-45(41-73)37-59(61)47-17-7-5-8-18-47)63-25-15-23-53-49-21-11-13-27-67(49)77-71(53)63)55-34-32-52-58(44(3)4)40-66(56-33-31-51(57)69(55)70(52)56)76(62-36-30-46(42-74)38-60(62)48-19-9-6-10-20-48)64-26-16-24-54-50-22-12-14-28-68(50)78-72(54)64/h5-40,43-44H,1-4H3. The van der Waals surface area contributed by atoms with Crippen molar-refractivity contribution in [3.63, 3.8) is 0 Å². The Bertz CT molecular complexity index is 4480. The number of nitriles is 2. The quantitative estimate of drug-likeness (QED) is 0.127. The van der Waals surface area contributed by atoms with E-state index < -0.39 is 0 Å². The molecule has 0 spiro atoms. The van der Waals surface area contributed by atoms with Gasteiger partial charge in [0.25, 0.3) is 0 Å². The molecule has 2 heterocycles. The highest BCUT2D eigenvalue weighted by Gasteiger charge is 2.30. The molecular formula is C72H50N4O2. The van der Waals surface area contributed by atoms with Gasteiger partial charge in [0.1, 0.15) is 11.2 Å². The molecule has 0 amide bonds. The van der Waals surface area contributed by atoms with E-state index in [2.05, 4.69) is 207 Å². The Hall–Kier alpha value is -10.1. The van der Waals surface area contributed by atoms with Crippen molar-refractivity contribution in [1.82, 2.24) is 0 Å². The highest BCUT2D eigenvalue weighted by Crippen LogP contribution is 2.55. The maximum absolute atomic E-state index is 10.4. The summed E-state index contributed by atoms with van der Waals surface area (Å²) >= 11 is 0. The van der Waals surface area contributed by atoms with Crippen LogP contribution in [0.2, 0.25) is 0 Å². The number of rotatable bonds is 10. The van der Waals surface area contributed by atoms with Crippen LogP contribution >= 0.6 is 0 Å². The smallest absolute Gasteiger partial charge is 0.159 e. The van der Waals surface area contributed by atoms with Crippen LogP contribution in [0.25, 0.3) is 98.4 Å². The van der Waals surface area contributed by atoms with Gasteiger partial charge in [0.05, 0.1) is 57.4 Å². The van der Waals surface area contributed by atoms with Crippen LogP contribution in [0.5, 0.6) is 0 Å². The molecular weight excluding hydrogens is 953 g/mol. The Morgan fingerprint density at radius 2 is 0.718 bits per heavy atom. The second-order valence-corrected chi connectivity index (χ2v) is 20.9. The van der Waals surface area contributed by atoms with Gasteiger partial charge in [0, 0.05) is 43.4 Å². The second-order valence-electron chi connectivity index (χ2n) is 20.9. The predicted molar refractivity (Wildman–Crippen MR) is 323 cm³/mol. The van der Waals surface area contributed by atoms with E-state index in [1.807, 2.05) is 60.7 Å². The van der Waals surface area contributed by atoms with Gasteiger partial charge < -0.3 is 18.6 Å². The van der Waals surface area contributed by atoms with E-state index in [0.29, 0.717) is 11.1 Å². The van der Waals surface area contributed by atoms with Crippen molar-refractivity contribution in [3.05, 3.63) is 241 Å². The fourth-order valence-corrected chi connectivity index (χ4v) is 12.2. The first-order valence-electron chi connectivity index (χ1n) is 26.7. The van der Waals surface area contributed by atoms with Crippen LogP contribution in [0.3, 0.4) is 0 Å². The average Bonchev–Trinajstić information content (AvgIpc) is 4.13. The third-order valence-electron chi connectivity index (χ3n) is 15.8. The van der Waals surface area contributed by atoms with Crippen LogP contribution < -0.4 is 9.80 Å². The molecule has 78 heavy (non-hydrogen) atoms. The molecule has 12 aromatic carbocycles. The Morgan fingerprint density at radius 1 is 0.333 bits per heavy atom. The molecule has 6 nitrogen and oxygen atoms in total. The molecule has 0 aliphatic rings. The number of anilines is 6. The van der Waals surface area contributed by atoms with E-state index in [0.717, 1.165) is 122 Å². The lowest BCUT2D eigenvalue weighted by molar-refractivity contribution is 0.669. The Balaban J connectivity index is 1.14. The van der Waals surface area contributed by atoms with Crippen LogP contribution in [0.1, 0.15) is 61.8 Å². The van der Waals surface area contributed by atoms with Gasteiger partial charge in [-0.05, 0) is 128 Å². The summed E-state index contributed by atoms with van der Waals surface area (Å²) in [4.78, 5) is 4.77. The molecule has 6 heteroatoms. The number of hydrogen-bond donors (Lipinski definition) is 0. The third-order valence-corrected chi connectivity index (χ3v) is 15.8. The van der Waals surface area contributed by atoms with E-state index in [1.165, 1.54) is 21.9 Å². The van der Waals surface area contributed by atoms with E-state index in [-0.39, 0.29) is 11.8 Å². The molecule has 2 aromatic heterocycles. The molecule has 0 aliphatic carbocycles. The van der Waals surface area contributed by atoms with E-state index in [9.17, 15) is 10.5 Å². The third kappa shape index (κ3) is 7.22. The monoisotopic (exact) mass is 1000 g/mol. The first kappa shape index (κ1) is 46.4. The van der Waals surface area contributed by atoms with Crippen molar-refractivity contribution in [3.8, 4) is 34.4 Å². The van der Waals surface area contributed by atoms with Gasteiger partial charge in [-0.1, -0.05) is 173 Å². The van der Waals surface area contributed by atoms with Crippen molar-refractivity contribution in [2.45, 2.75) is 39.5 Å². The van der Waals surface area contributed by atoms with Crippen molar-refractivity contribution in [1.29, 1.82) is 10.5 Å². The number of furan rings is 2. The molecule has 0 saturated carbocycles. The molecule has 14 aromatic rings. The maximum atomic E-state index is 10.4. The zero-order valence-corrected chi connectivity index (χ0v) is 43.5. The number of para-hydroxylation sites is 4. The molecule has 0 aliphatic heterocycles. The van der Waals surface area contributed by atoms with Crippen molar-refractivity contribution >= 4 is 110 Å². The lowest BCUT2D eigenvalue weighted by atomic mass is 9.83. The number of fused-ring (bicyclic) bond motifs is 6. The summed E-state index contributed by atoms with van der Waals surface area (Å²) in [6, 6.07) is 81.2. The molecule has 0 N–H and O–H groups in total. The van der Waals surface area contributed by atoms with Gasteiger partial charge in [-0.25, -0.2) is 0 Å². The lowest BCUT2D eigenvalue weighted by Crippen LogP contribution is -2.14. The van der Waals surface area contributed by atoms with Crippen LogP contribution in [0, 0.1) is 22.7 Å². The van der Waals surface area contributed by atoms with Crippen LogP contribution in [-0.2, 0) is 0 Å². The Labute approximate surface area is 451 Å². The zero-order chi connectivity index (χ0) is 52.8. The molecule has 0 unspecified atom stereocenters. The topological polar surface area (TPSA) is 80.3 Å². The zero-order valence-electron chi connectivity index (χ0n) is 43.5. The summed E-state index contributed by atoms with van der Waals surface area (Å²) in [5.74, 6) is 0.259. The normalized spacial score (nSPS) is 11.8. The van der Waals surface area contributed by atoms with Crippen LogP contribution in [-0.4, -0.2) is 0 Å². The molecule has 0 radical (unpaired) electrons. The summed E-state index contributed by atoms with van der Waals surface area (Å²) in [6.07, 6.45) is 0. The summed E-state index contributed by atoms with van der Waals surface area (Å²) in [6.45, 7) is 9.14. The number of benzene rings is 12. The molecule has 370 valence electrons. The first-order valence-corrected chi connectivity index (χ1v) is 26.7. The summed E-state index contributed by atoms with van der Waals surface area (Å²) in [5, 5.41) is 31.9. The predicted octanol–water partition coefficient (Wildman–Crippen LogP) is 20.6. The van der Waals surface area contributed by atoms with Crippen molar-refractivity contribution < 1.29 is 8.83 Å². The van der Waals surface area contributed by atoms with E-state index in [4.69, 9.17) is 8.83 Å². The minimum Gasteiger partial charge on any atom is -0.454 e. The number of nitrogens with zero attached hydrogens (tertiary/aromatic N) is 4. The van der Waals surface area contributed by atoms with Gasteiger partial charge in [-0.2, -0.15) is 10.5 Å². The highest BCUT2D eigenvalue weighted by molar-refractivity contribution is 6.30. The molecule has 0 bridgehead atoms.